The van der Waals surface area contributed by atoms with E-state index in [0.717, 1.165) is 0 Å². The fourth-order valence-corrected chi connectivity index (χ4v) is 4.50. The maximum absolute atomic E-state index is 13.0. The number of nitrogens with zero attached hydrogens (tertiary/aromatic N) is 1. The van der Waals surface area contributed by atoms with Crippen LogP contribution in [0.15, 0.2) is 40.6 Å². The molecule has 1 aromatic rings. The van der Waals surface area contributed by atoms with Gasteiger partial charge in [-0.25, -0.2) is 0 Å². The monoisotopic (exact) mass is 458 g/mol. The van der Waals surface area contributed by atoms with Gasteiger partial charge in [-0.15, -0.1) is 0 Å². The maximum Gasteiger partial charge on any atom is 0.205 e. The van der Waals surface area contributed by atoms with Gasteiger partial charge in [0.25, 0.3) is 0 Å². The van der Waals surface area contributed by atoms with Crippen molar-refractivity contribution in [3.63, 3.8) is 0 Å². The molecule has 0 aromatic heterocycles. The molecular formula is C22H23BrN2O4. The molecule has 3 rings (SSSR count). The highest BCUT2D eigenvalue weighted by Crippen LogP contribution is 2.49. The predicted molar refractivity (Wildman–Crippen MR) is 112 cm³/mol. The highest BCUT2D eigenvalue weighted by Gasteiger charge is 2.46. The fourth-order valence-electron chi connectivity index (χ4n) is 3.92. The third-order valence-electron chi connectivity index (χ3n) is 5.13. The SMILES string of the molecule is C=CCOc1c(Br)cc(C2C3=C(CC(C)(C)CC3=O)OC(=N)C2C#N)cc1OC. The number of ether oxygens (including phenoxy) is 3. The van der Waals surface area contributed by atoms with Crippen LogP contribution in [0.2, 0.25) is 0 Å². The van der Waals surface area contributed by atoms with Gasteiger partial charge in [0.2, 0.25) is 5.90 Å². The van der Waals surface area contributed by atoms with Crippen LogP contribution < -0.4 is 9.47 Å². The van der Waals surface area contributed by atoms with Crippen molar-refractivity contribution in [3.05, 3.63) is 46.2 Å². The Morgan fingerprint density at radius 2 is 2.17 bits per heavy atom. The summed E-state index contributed by atoms with van der Waals surface area (Å²) >= 11 is 3.51. The highest BCUT2D eigenvalue weighted by molar-refractivity contribution is 9.10. The lowest BCUT2D eigenvalue weighted by Crippen LogP contribution is -2.38. The van der Waals surface area contributed by atoms with Crippen LogP contribution in [0.25, 0.3) is 0 Å². The van der Waals surface area contributed by atoms with Gasteiger partial charge in [-0.1, -0.05) is 26.5 Å². The Balaban J connectivity index is 2.17. The zero-order valence-electron chi connectivity index (χ0n) is 16.7. The molecule has 2 aliphatic rings. The van der Waals surface area contributed by atoms with Gasteiger partial charge in [0.15, 0.2) is 17.3 Å². The Morgan fingerprint density at radius 3 is 2.79 bits per heavy atom. The minimum atomic E-state index is -0.893. The quantitative estimate of drug-likeness (QED) is 0.633. The second-order valence-corrected chi connectivity index (χ2v) is 8.82. The number of hydrogen-bond donors (Lipinski definition) is 1. The number of Topliss-reactive ketones (excluding diaryl/α,β-unsaturated/α-hetero) is 1. The van der Waals surface area contributed by atoms with Crippen LogP contribution >= 0.6 is 15.9 Å². The average Bonchev–Trinajstić information content (AvgIpc) is 2.64. The first-order chi connectivity index (χ1) is 13.7. The minimum absolute atomic E-state index is 0.0453. The Morgan fingerprint density at radius 1 is 1.45 bits per heavy atom. The molecular weight excluding hydrogens is 436 g/mol. The second kappa shape index (κ2) is 8.03. The number of nitrogens with one attached hydrogen (secondary N) is 1. The molecule has 0 spiro atoms. The molecule has 152 valence electrons. The molecule has 0 fully saturated rings. The first kappa shape index (κ1) is 21.1. The molecule has 1 N–H and O–H groups in total. The van der Waals surface area contributed by atoms with Gasteiger partial charge in [0.1, 0.15) is 18.3 Å². The van der Waals surface area contributed by atoms with E-state index in [0.29, 0.717) is 52.3 Å². The molecule has 1 aliphatic carbocycles. The summed E-state index contributed by atoms with van der Waals surface area (Å²) in [5, 5.41) is 18.0. The number of allylic oxidation sites excluding steroid dienone is 2. The van der Waals surface area contributed by atoms with Crippen LogP contribution in [-0.2, 0) is 9.53 Å². The number of hydrogen-bond acceptors (Lipinski definition) is 6. The molecule has 0 bridgehead atoms. The van der Waals surface area contributed by atoms with Crippen molar-refractivity contribution in [3.8, 4) is 17.6 Å². The molecule has 0 saturated carbocycles. The van der Waals surface area contributed by atoms with Gasteiger partial charge < -0.3 is 14.2 Å². The van der Waals surface area contributed by atoms with Crippen molar-refractivity contribution < 1.29 is 19.0 Å². The zero-order valence-corrected chi connectivity index (χ0v) is 18.3. The predicted octanol–water partition coefficient (Wildman–Crippen LogP) is 4.90. The van der Waals surface area contributed by atoms with E-state index < -0.39 is 11.8 Å². The number of carbonyl (C=O) groups excluding carboxylic acids is 1. The number of benzene rings is 1. The molecule has 1 heterocycles. The van der Waals surface area contributed by atoms with E-state index >= 15 is 0 Å². The summed E-state index contributed by atoms with van der Waals surface area (Å²) in [5.41, 5.74) is 0.932. The first-order valence-corrected chi connectivity index (χ1v) is 10.0. The highest BCUT2D eigenvalue weighted by atomic mass is 79.9. The van der Waals surface area contributed by atoms with Gasteiger partial charge >= 0.3 is 0 Å². The number of methoxy groups -OCH3 is 1. The molecule has 0 saturated heterocycles. The summed E-state index contributed by atoms with van der Waals surface area (Å²) < 4.78 is 17.5. The van der Waals surface area contributed by atoms with Crippen molar-refractivity contribution in [1.82, 2.24) is 0 Å². The van der Waals surface area contributed by atoms with Crippen LogP contribution in [0, 0.1) is 28.1 Å². The summed E-state index contributed by atoms with van der Waals surface area (Å²) in [7, 11) is 1.53. The number of carbonyl (C=O) groups is 1. The van der Waals surface area contributed by atoms with Crippen molar-refractivity contribution in [2.45, 2.75) is 32.6 Å². The Labute approximate surface area is 178 Å². The van der Waals surface area contributed by atoms with Crippen LogP contribution in [0.1, 0.15) is 38.2 Å². The topological polar surface area (TPSA) is 92.4 Å². The first-order valence-electron chi connectivity index (χ1n) is 9.25. The number of halogens is 1. The third kappa shape index (κ3) is 3.95. The van der Waals surface area contributed by atoms with Gasteiger partial charge in [0.05, 0.1) is 17.7 Å². The van der Waals surface area contributed by atoms with Crippen molar-refractivity contribution in [2.75, 3.05) is 13.7 Å². The smallest absolute Gasteiger partial charge is 0.205 e. The van der Waals surface area contributed by atoms with Crippen LogP contribution in [0.3, 0.4) is 0 Å². The Kier molecular flexibility index (Phi) is 5.85. The lowest BCUT2D eigenvalue weighted by Gasteiger charge is -2.39. The van der Waals surface area contributed by atoms with E-state index in [1.807, 2.05) is 19.9 Å². The second-order valence-electron chi connectivity index (χ2n) is 7.96. The van der Waals surface area contributed by atoms with E-state index in [-0.39, 0.29) is 17.1 Å². The molecule has 6 nitrogen and oxygen atoms in total. The molecule has 0 radical (unpaired) electrons. The Bertz CT molecular complexity index is 958. The van der Waals surface area contributed by atoms with Gasteiger partial charge in [0, 0.05) is 24.3 Å². The largest absolute Gasteiger partial charge is 0.493 e. The van der Waals surface area contributed by atoms with Gasteiger partial charge in [-0.3, -0.25) is 10.2 Å². The van der Waals surface area contributed by atoms with Crippen LogP contribution in [-0.4, -0.2) is 25.4 Å². The van der Waals surface area contributed by atoms with E-state index in [9.17, 15) is 10.1 Å². The lowest BCUT2D eigenvalue weighted by molar-refractivity contribution is -0.119. The van der Waals surface area contributed by atoms with Crippen molar-refractivity contribution in [1.29, 1.82) is 10.7 Å². The maximum atomic E-state index is 13.0. The van der Waals surface area contributed by atoms with E-state index in [1.165, 1.54) is 7.11 Å². The molecule has 0 amide bonds. The van der Waals surface area contributed by atoms with Crippen molar-refractivity contribution >= 4 is 27.6 Å². The normalized spacial score (nSPS) is 23.0. The molecule has 1 aromatic carbocycles. The number of nitriles is 1. The van der Waals surface area contributed by atoms with Crippen LogP contribution in [0.4, 0.5) is 0 Å². The van der Waals surface area contributed by atoms with E-state index in [4.69, 9.17) is 19.6 Å². The van der Waals surface area contributed by atoms with Gasteiger partial charge in [-0.05, 0) is 39.0 Å². The summed E-state index contributed by atoms with van der Waals surface area (Å²) in [5.74, 6) is -0.197. The third-order valence-corrected chi connectivity index (χ3v) is 5.72. The summed E-state index contributed by atoms with van der Waals surface area (Å²) in [6.45, 7) is 7.95. The zero-order chi connectivity index (χ0) is 21.3. The molecule has 2 atom stereocenters. The molecule has 1 aliphatic heterocycles. The lowest BCUT2D eigenvalue weighted by atomic mass is 9.68. The van der Waals surface area contributed by atoms with Gasteiger partial charge in [-0.2, -0.15) is 5.26 Å². The van der Waals surface area contributed by atoms with Crippen LogP contribution in [0.5, 0.6) is 11.5 Å². The standard InChI is InChI=1S/C22H23BrN2O4/c1-5-6-28-20-14(23)7-12(8-16(20)27-4)18-13(11-24)21(25)29-17-10-22(2,3)9-15(26)19(17)18/h5,7-8,13,18,25H,1,6,9-10H2,2-4H3. The van der Waals surface area contributed by atoms with Crippen molar-refractivity contribution in [2.24, 2.45) is 11.3 Å². The summed E-state index contributed by atoms with van der Waals surface area (Å²) in [6, 6.07) is 5.72. The molecule has 7 heteroatoms. The Hall–Kier alpha value is -2.59. The van der Waals surface area contributed by atoms with E-state index in [2.05, 4.69) is 28.6 Å². The minimum Gasteiger partial charge on any atom is -0.493 e. The van der Waals surface area contributed by atoms with E-state index in [1.54, 1.807) is 12.1 Å². The molecule has 2 unspecified atom stereocenters. The molecule has 29 heavy (non-hydrogen) atoms. The fraction of sp³-hybridized carbons (Fsp3) is 0.409. The summed E-state index contributed by atoms with van der Waals surface area (Å²) in [6.07, 6.45) is 2.55. The number of ketones is 1. The average molecular weight is 459 g/mol. The summed E-state index contributed by atoms with van der Waals surface area (Å²) in [4.78, 5) is 13.0. The number of rotatable bonds is 5.